The molecule has 0 amide bonds. The highest BCUT2D eigenvalue weighted by molar-refractivity contribution is 7.80. The molecule has 0 bridgehead atoms. The van der Waals surface area contributed by atoms with Gasteiger partial charge >= 0.3 is 0 Å². The number of hydrogen-bond acceptors (Lipinski definition) is 4. The molecule has 0 atom stereocenters. The number of nitrogens with zero attached hydrogens (tertiary/aromatic N) is 1. The lowest BCUT2D eigenvalue weighted by molar-refractivity contribution is 0.112. The number of nitriles is 1. The fourth-order valence-electron chi connectivity index (χ4n) is 1.36. The first-order valence-electron chi connectivity index (χ1n) is 3.86. The van der Waals surface area contributed by atoms with Crippen LogP contribution in [0.1, 0.15) is 15.9 Å². The van der Waals surface area contributed by atoms with Gasteiger partial charge in [-0.15, -0.1) is 24.0 Å². The Morgan fingerprint density at radius 3 is 3.00 bits per heavy atom. The summed E-state index contributed by atoms with van der Waals surface area (Å²) >= 11 is 5.79. The van der Waals surface area contributed by atoms with Crippen LogP contribution in [-0.4, -0.2) is 6.29 Å². The molecule has 0 fully saturated rings. The van der Waals surface area contributed by atoms with E-state index in [1.807, 2.05) is 17.5 Å². The number of hydrogen-bond donors (Lipinski definition) is 1. The van der Waals surface area contributed by atoms with Crippen molar-refractivity contribution in [2.24, 2.45) is 0 Å². The third kappa shape index (κ3) is 1.22. The monoisotopic (exact) mass is 219 g/mol. The summed E-state index contributed by atoms with van der Waals surface area (Å²) in [5.41, 5.74) is 0.845. The average molecular weight is 219 g/mol. The van der Waals surface area contributed by atoms with Gasteiger partial charge in [-0.05, 0) is 17.5 Å². The molecule has 0 unspecified atom stereocenters. The maximum absolute atomic E-state index is 10.7. The van der Waals surface area contributed by atoms with E-state index in [4.69, 9.17) is 5.26 Å². The zero-order valence-electron chi connectivity index (χ0n) is 7.02. The van der Waals surface area contributed by atoms with Gasteiger partial charge in [-0.3, -0.25) is 4.79 Å². The fraction of sp³-hybridized carbons (Fsp3) is 0. The van der Waals surface area contributed by atoms with Crippen molar-refractivity contribution in [3.05, 3.63) is 28.6 Å². The average Bonchev–Trinajstić information content (AvgIpc) is 2.66. The van der Waals surface area contributed by atoms with Crippen molar-refractivity contribution in [3.8, 4) is 6.07 Å². The van der Waals surface area contributed by atoms with Crippen molar-refractivity contribution < 1.29 is 4.79 Å². The van der Waals surface area contributed by atoms with E-state index in [0.29, 0.717) is 17.4 Å². The summed E-state index contributed by atoms with van der Waals surface area (Å²) in [4.78, 5) is 11.5. The second-order valence-electron chi connectivity index (χ2n) is 2.75. The lowest BCUT2D eigenvalue weighted by Gasteiger charge is -2.00. The molecule has 0 spiro atoms. The van der Waals surface area contributed by atoms with Crippen LogP contribution in [0.2, 0.25) is 0 Å². The molecule has 0 aliphatic rings. The van der Waals surface area contributed by atoms with Crippen LogP contribution in [0.5, 0.6) is 0 Å². The van der Waals surface area contributed by atoms with Crippen LogP contribution in [-0.2, 0) is 0 Å². The third-order valence-corrected chi connectivity index (χ3v) is 3.44. The molecule has 0 saturated carbocycles. The molecule has 0 aliphatic heterocycles. The number of benzene rings is 1. The standard InChI is InChI=1S/C10H5NOS2/c11-4-8-6(5-12)3-9(13)10-7(8)1-2-14-10/h1-3,5,13H. The van der Waals surface area contributed by atoms with Crippen LogP contribution < -0.4 is 0 Å². The molecule has 4 heteroatoms. The van der Waals surface area contributed by atoms with Crippen molar-refractivity contribution in [1.29, 1.82) is 5.26 Å². The summed E-state index contributed by atoms with van der Waals surface area (Å²) in [6.07, 6.45) is 0.690. The predicted octanol–water partition coefficient (Wildman–Crippen LogP) is 2.87. The Bertz CT molecular complexity index is 551. The number of fused-ring (bicyclic) bond motifs is 1. The summed E-state index contributed by atoms with van der Waals surface area (Å²) in [6.45, 7) is 0. The minimum Gasteiger partial charge on any atom is -0.298 e. The summed E-state index contributed by atoms with van der Waals surface area (Å²) < 4.78 is 0.954. The summed E-state index contributed by atoms with van der Waals surface area (Å²) in [5, 5.41) is 11.6. The highest BCUT2D eigenvalue weighted by Crippen LogP contribution is 2.31. The van der Waals surface area contributed by atoms with Crippen molar-refractivity contribution >= 4 is 40.3 Å². The highest BCUT2D eigenvalue weighted by atomic mass is 32.1. The van der Waals surface area contributed by atoms with E-state index < -0.39 is 0 Å². The van der Waals surface area contributed by atoms with E-state index in [0.717, 1.165) is 15.0 Å². The molecular formula is C10H5NOS2. The van der Waals surface area contributed by atoms with Gasteiger partial charge in [0.15, 0.2) is 6.29 Å². The first-order chi connectivity index (χ1) is 6.77. The summed E-state index contributed by atoms with van der Waals surface area (Å²) in [5.74, 6) is 0. The molecular weight excluding hydrogens is 214 g/mol. The fourth-order valence-corrected chi connectivity index (χ4v) is 2.60. The Kier molecular flexibility index (Phi) is 2.28. The molecule has 1 heterocycles. The molecule has 1 aromatic carbocycles. The van der Waals surface area contributed by atoms with Crippen molar-refractivity contribution in [2.75, 3.05) is 0 Å². The summed E-state index contributed by atoms with van der Waals surface area (Å²) in [6, 6.07) is 5.52. The number of rotatable bonds is 1. The Hall–Kier alpha value is -1.31. The van der Waals surface area contributed by atoms with Gasteiger partial charge in [0.05, 0.1) is 5.56 Å². The zero-order chi connectivity index (χ0) is 10.1. The molecule has 0 radical (unpaired) electrons. The van der Waals surface area contributed by atoms with E-state index in [-0.39, 0.29) is 0 Å². The van der Waals surface area contributed by atoms with Gasteiger partial charge in [0.2, 0.25) is 0 Å². The van der Waals surface area contributed by atoms with Gasteiger partial charge in [-0.2, -0.15) is 5.26 Å². The van der Waals surface area contributed by atoms with Crippen LogP contribution in [0, 0.1) is 11.3 Å². The van der Waals surface area contributed by atoms with Crippen molar-refractivity contribution in [1.82, 2.24) is 0 Å². The number of thiophene rings is 1. The van der Waals surface area contributed by atoms with E-state index in [1.165, 1.54) is 11.3 Å². The van der Waals surface area contributed by atoms with Crippen LogP contribution in [0.4, 0.5) is 0 Å². The zero-order valence-corrected chi connectivity index (χ0v) is 8.73. The van der Waals surface area contributed by atoms with Crippen LogP contribution in [0.15, 0.2) is 22.4 Å². The van der Waals surface area contributed by atoms with Crippen molar-refractivity contribution in [3.63, 3.8) is 0 Å². The second-order valence-corrected chi connectivity index (χ2v) is 4.15. The predicted molar refractivity (Wildman–Crippen MR) is 59.2 cm³/mol. The number of carbonyl (C=O) groups excluding carboxylic acids is 1. The molecule has 0 aliphatic carbocycles. The van der Waals surface area contributed by atoms with Gasteiger partial charge in [-0.1, -0.05) is 0 Å². The minimum atomic E-state index is 0.406. The smallest absolute Gasteiger partial charge is 0.151 e. The molecule has 68 valence electrons. The quantitative estimate of drug-likeness (QED) is 0.592. The topological polar surface area (TPSA) is 40.9 Å². The molecule has 2 nitrogen and oxygen atoms in total. The van der Waals surface area contributed by atoms with Gasteiger partial charge in [0.25, 0.3) is 0 Å². The Morgan fingerprint density at radius 1 is 1.57 bits per heavy atom. The minimum absolute atomic E-state index is 0.406. The Balaban J connectivity index is 2.97. The lowest BCUT2D eigenvalue weighted by atomic mass is 10.1. The number of carbonyl (C=O) groups is 1. The van der Waals surface area contributed by atoms with Crippen LogP contribution >= 0.6 is 24.0 Å². The third-order valence-electron chi connectivity index (χ3n) is 1.99. The SMILES string of the molecule is N#Cc1c(C=O)cc(S)c2sccc12. The maximum atomic E-state index is 10.7. The van der Waals surface area contributed by atoms with Gasteiger partial charge < -0.3 is 0 Å². The largest absolute Gasteiger partial charge is 0.298 e. The Labute approximate surface area is 90.2 Å². The molecule has 1 aromatic heterocycles. The first kappa shape index (κ1) is 9.25. The lowest BCUT2D eigenvalue weighted by Crippen LogP contribution is -1.88. The molecule has 2 rings (SSSR count). The van der Waals surface area contributed by atoms with Crippen molar-refractivity contribution in [2.45, 2.75) is 4.90 Å². The van der Waals surface area contributed by atoms with E-state index in [1.54, 1.807) is 6.07 Å². The van der Waals surface area contributed by atoms with E-state index in [9.17, 15) is 4.79 Å². The summed E-state index contributed by atoms with van der Waals surface area (Å²) in [7, 11) is 0. The highest BCUT2D eigenvalue weighted by Gasteiger charge is 2.10. The second kappa shape index (κ2) is 3.45. The van der Waals surface area contributed by atoms with Gasteiger partial charge in [-0.25, -0.2) is 0 Å². The number of thiol groups is 1. The van der Waals surface area contributed by atoms with Crippen LogP contribution in [0.3, 0.4) is 0 Å². The van der Waals surface area contributed by atoms with E-state index in [2.05, 4.69) is 12.6 Å². The number of aldehydes is 1. The van der Waals surface area contributed by atoms with Gasteiger partial charge in [0.1, 0.15) is 6.07 Å². The molecule has 2 aromatic rings. The first-order valence-corrected chi connectivity index (χ1v) is 5.19. The molecule has 14 heavy (non-hydrogen) atoms. The van der Waals surface area contributed by atoms with Crippen LogP contribution in [0.25, 0.3) is 10.1 Å². The Morgan fingerprint density at radius 2 is 2.36 bits per heavy atom. The molecule has 0 saturated heterocycles. The molecule has 0 N–H and O–H groups in total. The normalized spacial score (nSPS) is 10.0. The van der Waals surface area contributed by atoms with E-state index >= 15 is 0 Å². The van der Waals surface area contributed by atoms with Gasteiger partial charge in [0, 0.05) is 20.5 Å². The maximum Gasteiger partial charge on any atom is 0.151 e.